The van der Waals surface area contributed by atoms with Gasteiger partial charge >= 0.3 is 6.03 Å². The van der Waals surface area contributed by atoms with Crippen molar-refractivity contribution in [1.82, 2.24) is 5.32 Å². The van der Waals surface area contributed by atoms with Gasteiger partial charge in [0.15, 0.2) is 0 Å². The van der Waals surface area contributed by atoms with E-state index >= 15 is 0 Å². The van der Waals surface area contributed by atoms with E-state index in [9.17, 15) is 4.79 Å². The van der Waals surface area contributed by atoms with Crippen molar-refractivity contribution in [3.63, 3.8) is 0 Å². The lowest BCUT2D eigenvalue weighted by molar-refractivity contribution is 0.170. The first kappa shape index (κ1) is 18.5. The number of hydrogen-bond acceptors (Lipinski definition) is 3. The highest BCUT2D eigenvalue weighted by atomic mass is 35.6. The lowest BCUT2D eigenvalue weighted by Crippen LogP contribution is -2.49. The molecule has 0 heterocycles. The molecule has 1 atom stereocenters. The third-order valence-electron chi connectivity index (χ3n) is 2.90. The first-order valence-electron chi connectivity index (χ1n) is 6.88. The van der Waals surface area contributed by atoms with Crippen LogP contribution in [0.4, 0.5) is 10.5 Å². The van der Waals surface area contributed by atoms with E-state index in [0.717, 1.165) is 0 Å². The van der Waals surface area contributed by atoms with Gasteiger partial charge in [-0.3, -0.25) is 5.32 Å². The van der Waals surface area contributed by atoms with Crippen molar-refractivity contribution in [1.29, 1.82) is 0 Å². The predicted molar refractivity (Wildman–Crippen MR) is 96.3 cm³/mol. The van der Waals surface area contributed by atoms with E-state index in [4.69, 9.17) is 44.3 Å². The van der Waals surface area contributed by atoms with Crippen LogP contribution in [0.2, 0.25) is 0 Å². The summed E-state index contributed by atoms with van der Waals surface area (Å²) in [5.74, 6) is 1.06. The number of benzene rings is 2. The molecule has 24 heavy (non-hydrogen) atoms. The number of alkyl halides is 3. The number of ether oxygens (including phenoxy) is 2. The normalized spacial score (nSPS) is 12.2. The summed E-state index contributed by atoms with van der Waals surface area (Å²) in [4.78, 5) is 12.1. The second kappa shape index (κ2) is 8.33. The molecule has 5 nitrogen and oxygen atoms in total. The summed E-state index contributed by atoms with van der Waals surface area (Å²) < 4.78 is 8.76. The van der Waals surface area contributed by atoms with Gasteiger partial charge in [-0.1, -0.05) is 53.0 Å². The van der Waals surface area contributed by atoms with Gasteiger partial charge in [-0.15, -0.1) is 0 Å². The van der Waals surface area contributed by atoms with E-state index in [1.807, 2.05) is 6.07 Å². The maximum atomic E-state index is 12.1. The van der Waals surface area contributed by atoms with Crippen molar-refractivity contribution in [3.05, 3.63) is 54.6 Å². The fourth-order valence-electron chi connectivity index (χ4n) is 1.78. The van der Waals surface area contributed by atoms with Crippen LogP contribution < -0.4 is 20.1 Å². The molecule has 2 aromatic rings. The zero-order valence-electron chi connectivity index (χ0n) is 12.6. The maximum absolute atomic E-state index is 12.1. The molecule has 0 fully saturated rings. The Labute approximate surface area is 154 Å². The molecule has 0 spiro atoms. The van der Waals surface area contributed by atoms with Crippen LogP contribution in [0.15, 0.2) is 54.6 Å². The Hall–Kier alpha value is -1.82. The second-order valence-corrected chi connectivity index (χ2v) is 7.05. The quantitative estimate of drug-likeness (QED) is 0.581. The monoisotopic (exact) mass is 388 g/mol. The molecule has 0 aliphatic heterocycles. The van der Waals surface area contributed by atoms with E-state index in [2.05, 4.69) is 10.6 Å². The Balaban J connectivity index is 2.03. The molecule has 0 radical (unpaired) electrons. The summed E-state index contributed by atoms with van der Waals surface area (Å²) in [7, 11) is 1.55. The van der Waals surface area contributed by atoms with Crippen molar-refractivity contribution >= 4 is 46.5 Å². The summed E-state index contributed by atoms with van der Waals surface area (Å²) in [6.45, 7) is 0. The first-order valence-corrected chi connectivity index (χ1v) is 8.02. The molecule has 0 aliphatic carbocycles. The lowest BCUT2D eigenvalue weighted by atomic mass is 10.3. The van der Waals surface area contributed by atoms with Gasteiger partial charge in [-0.25, -0.2) is 4.79 Å². The van der Waals surface area contributed by atoms with Crippen LogP contribution in [0.1, 0.15) is 0 Å². The van der Waals surface area contributed by atoms with Crippen LogP contribution in [-0.4, -0.2) is 23.2 Å². The van der Waals surface area contributed by atoms with Crippen LogP contribution in [-0.2, 0) is 0 Å². The minimum atomic E-state index is -1.87. The Kier molecular flexibility index (Phi) is 6.43. The van der Waals surface area contributed by atoms with Crippen molar-refractivity contribution < 1.29 is 14.3 Å². The fourth-order valence-corrected chi connectivity index (χ4v) is 2.07. The number of urea groups is 1. The fraction of sp³-hybridized carbons (Fsp3) is 0.188. The molecule has 2 aromatic carbocycles. The lowest BCUT2D eigenvalue weighted by Gasteiger charge is -2.26. The van der Waals surface area contributed by atoms with Crippen molar-refractivity contribution in [3.8, 4) is 11.5 Å². The molecular formula is C16H15Cl3N2O3. The Morgan fingerprint density at radius 1 is 1.00 bits per heavy atom. The number of amides is 2. The van der Waals surface area contributed by atoms with Gasteiger partial charge < -0.3 is 14.8 Å². The number of hydrogen-bond donors (Lipinski definition) is 2. The van der Waals surface area contributed by atoms with Crippen LogP contribution in [0.3, 0.4) is 0 Å². The number of rotatable bonds is 5. The SMILES string of the molecule is COc1ccc(OC(NC(=O)Nc2ccccc2)C(Cl)(Cl)Cl)cc1. The van der Waals surface area contributed by atoms with Crippen LogP contribution in [0, 0.1) is 0 Å². The summed E-state index contributed by atoms with van der Waals surface area (Å²) in [5.41, 5.74) is 0.600. The highest BCUT2D eigenvalue weighted by molar-refractivity contribution is 6.68. The number of halogens is 3. The molecule has 2 N–H and O–H groups in total. The smallest absolute Gasteiger partial charge is 0.322 e. The van der Waals surface area contributed by atoms with Crippen molar-refractivity contribution in [2.45, 2.75) is 10.0 Å². The highest BCUT2D eigenvalue weighted by Crippen LogP contribution is 2.32. The molecule has 0 saturated carbocycles. The molecule has 2 amide bonds. The number of carbonyl (C=O) groups excluding carboxylic acids is 1. The molecule has 128 valence electrons. The molecule has 8 heteroatoms. The third kappa shape index (κ3) is 5.67. The summed E-state index contributed by atoms with van der Waals surface area (Å²) in [6, 6.07) is 15.0. The average Bonchev–Trinajstić information content (AvgIpc) is 2.55. The average molecular weight is 390 g/mol. The van der Waals surface area contributed by atoms with Gasteiger partial charge in [0.1, 0.15) is 11.5 Å². The summed E-state index contributed by atoms with van der Waals surface area (Å²) in [5, 5.41) is 5.11. The predicted octanol–water partition coefficient (Wildman–Crippen LogP) is 4.59. The van der Waals surface area contributed by atoms with Crippen molar-refractivity contribution in [2.24, 2.45) is 0 Å². The van der Waals surface area contributed by atoms with Gasteiger partial charge in [0, 0.05) is 5.69 Å². The summed E-state index contributed by atoms with van der Waals surface area (Å²) >= 11 is 17.7. The first-order chi connectivity index (χ1) is 11.4. The third-order valence-corrected chi connectivity index (χ3v) is 3.50. The largest absolute Gasteiger partial charge is 0.497 e. The molecule has 1 unspecified atom stereocenters. The Bertz CT molecular complexity index is 661. The number of anilines is 1. The number of nitrogens with one attached hydrogen (secondary N) is 2. The van der Waals surface area contributed by atoms with Gasteiger partial charge in [0.05, 0.1) is 7.11 Å². The van der Waals surface area contributed by atoms with E-state index in [-0.39, 0.29) is 0 Å². The number of methoxy groups -OCH3 is 1. The van der Waals surface area contributed by atoms with Gasteiger partial charge in [0.2, 0.25) is 10.0 Å². The van der Waals surface area contributed by atoms with Crippen molar-refractivity contribution in [2.75, 3.05) is 12.4 Å². The molecule has 2 rings (SSSR count). The highest BCUT2D eigenvalue weighted by Gasteiger charge is 2.36. The molecule has 0 saturated heterocycles. The van der Waals surface area contributed by atoms with Crippen LogP contribution >= 0.6 is 34.8 Å². The van der Waals surface area contributed by atoms with E-state index in [1.165, 1.54) is 0 Å². The molecular weight excluding hydrogens is 375 g/mol. The number of carbonyl (C=O) groups is 1. The minimum absolute atomic E-state index is 0.409. The van der Waals surface area contributed by atoms with Crippen LogP contribution in [0.5, 0.6) is 11.5 Å². The van der Waals surface area contributed by atoms with E-state index in [0.29, 0.717) is 17.2 Å². The minimum Gasteiger partial charge on any atom is -0.497 e. The Morgan fingerprint density at radius 2 is 1.58 bits per heavy atom. The Morgan fingerprint density at radius 3 is 2.12 bits per heavy atom. The molecule has 0 aromatic heterocycles. The van der Waals surface area contributed by atoms with Crippen LogP contribution in [0.25, 0.3) is 0 Å². The molecule has 0 aliphatic rings. The van der Waals surface area contributed by atoms with Gasteiger partial charge in [-0.2, -0.15) is 0 Å². The van der Waals surface area contributed by atoms with Gasteiger partial charge in [0.25, 0.3) is 0 Å². The van der Waals surface area contributed by atoms with E-state index in [1.54, 1.807) is 55.6 Å². The zero-order valence-corrected chi connectivity index (χ0v) is 14.9. The second-order valence-electron chi connectivity index (χ2n) is 4.68. The molecule has 0 bridgehead atoms. The van der Waals surface area contributed by atoms with Gasteiger partial charge in [-0.05, 0) is 36.4 Å². The number of para-hydroxylation sites is 1. The maximum Gasteiger partial charge on any atom is 0.322 e. The standard InChI is InChI=1S/C16H15Cl3N2O3/c1-23-12-7-9-13(10-8-12)24-14(16(17,18)19)21-15(22)20-11-5-3-2-4-6-11/h2-10,14H,1H3,(H2,20,21,22). The van der Waals surface area contributed by atoms with E-state index < -0.39 is 16.1 Å². The summed E-state index contributed by atoms with van der Waals surface area (Å²) in [6.07, 6.45) is -1.19. The topological polar surface area (TPSA) is 59.6 Å². The zero-order chi connectivity index (χ0) is 17.6.